The van der Waals surface area contributed by atoms with E-state index in [1.807, 2.05) is 0 Å². The second-order valence-corrected chi connectivity index (χ2v) is 7.16. The van der Waals surface area contributed by atoms with E-state index in [0.29, 0.717) is 4.90 Å². The lowest BCUT2D eigenvalue weighted by molar-refractivity contribution is 0.318. The van der Waals surface area contributed by atoms with Gasteiger partial charge in [0.05, 0.1) is 18.4 Å². The van der Waals surface area contributed by atoms with Crippen molar-refractivity contribution < 1.29 is 8.42 Å². The molecule has 0 bridgehead atoms. The van der Waals surface area contributed by atoms with Gasteiger partial charge in [0, 0.05) is 31.1 Å². The lowest BCUT2D eigenvalue weighted by Gasteiger charge is -2.14. The van der Waals surface area contributed by atoms with Gasteiger partial charge in [-0.25, -0.2) is 13.4 Å². The first-order chi connectivity index (χ1) is 9.54. The van der Waals surface area contributed by atoms with E-state index in [2.05, 4.69) is 25.1 Å². The van der Waals surface area contributed by atoms with Gasteiger partial charge in [-0.05, 0) is 13.0 Å². The van der Waals surface area contributed by atoms with E-state index >= 15 is 0 Å². The summed E-state index contributed by atoms with van der Waals surface area (Å²) in [5.41, 5.74) is 0.731. The molecule has 3 rings (SSSR count). The molecule has 1 atom stereocenters. The van der Waals surface area contributed by atoms with Crippen molar-refractivity contribution in [2.24, 2.45) is 0 Å². The summed E-state index contributed by atoms with van der Waals surface area (Å²) in [6, 6.07) is 0. The van der Waals surface area contributed by atoms with Gasteiger partial charge in [0.25, 0.3) is 0 Å². The van der Waals surface area contributed by atoms with Crippen LogP contribution in [0, 0.1) is 0 Å². The number of aromatic nitrogens is 4. The van der Waals surface area contributed by atoms with Crippen LogP contribution in [-0.4, -0.2) is 52.8 Å². The zero-order chi connectivity index (χ0) is 14.2. The molecule has 0 aliphatic carbocycles. The number of hydrogen-bond donors (Lipinski definition) is 2. The Hall–Kier alpha value is -1.67. The number of sulfone groups is 1. The Balaban J connectivity index is 1.73. The first kappa shape index (κ1) is 13.3. The molecule has 1 aliphatic rings. The third kappa shape index (κ3) is 2.61. The summed E-state index contributed by atoms with van der Waals surface area (Å²) in [7, 11) is -3.23. The molecule has 2 aromatic rings. The molecule has 1 saturated heterocycles. The van der Waals surface area contributed by atoms with Crippen LogP contribution in [0.5, 0.6) is 0 Å². The Morgan fingerprint density at radius 2 is 2.35 bits per heavy atom. The summed E-state index contributed by atoms with van der Waals surface area (Å²) < 4.78 is 23.4. The molecule has 1 fully saturated rings. The van der Waals surface area contributed by atoms with Crippen molar-refractivity contribution in [3.63, 3.8) is 0 Å². The molecule has 0 amide bonds. The van der Waals surface area contributed by atoms with Crippen molar-refractivity contribution in [2.45, 2.75) is 23.8 Å². The van der Waals surface area contributed by atoms with E-state index in [-0.39, 0.29) is 5.92 Å². The van der Waals surface area contributed by atoms with Gasteiger partial charge in [0.2, 0.25) is 0 Å². The second kappa shape index (κ2) is 5.02. The van der Waals surface area contributed by atoms with Crippen LogP contribution >= 0.6 is 0 Å². The van der Waals surface area contributed by atoms with Crippen LogP contribution < -0.4 is 0 Å². The van der Waals surface area contributed by atoms with Gasteiger partial charge < -0.3 is 4.98 Å². The molecule has 0 radical (unpaired) electrons. The van der Waals surface area contributed by atoms with E-state index in [4.69, 9.17) is 0 Å². The molecular formula is C12H17N5O2S. The number of aromatic amines is 2. The first-order valence-corrected chi connectivity index (χ1v) is 8.37. The molecule has 3 heterocycles. The fraction of sp³-hybridized carbons (Fsp3) is 0.500. The zero-order valence-electron chi connectivity index (χ0n) is 11.2. The number of likely N-dealkylation sites (tertiary alicyclic amines) is 1. The highest BCUT2D eigenvalue weighted by molar-refractivity contribution is 7.90. The lowest BCUT2D eigenvalue weighted by atomic mass is 10.1. The summed E-state index contributed by atoms with van der Waals surface area (Å²) in [5, 5.41) is 6.75. The van der Waals surface area contributed by atoms with E-state index in [0.717, 1.165) is 37.6 Å². The third-order valence-corrected chi connectivity index (χ3v) is 4.76. The molecule has 0 unspecified atom stereocenters. The normalized spacial score (nSPS) is 20.6. The second-order valence-electron chi connectivity index (χ2n) is 5.18. The van der Waals surface area contributed by atoms with Crippen molar-refractivity contribution in [1.82, 2.24) is 25.1 Å². The van der Waals surface area contributed by atoms with Crippen LogP contribution in [0.15, 0.2) is 23.5 Å². The molecule has 8 heteroatoms. The van der Waals surface area contributed by atoms with Crippen molar-refractivity contribution in [3.05, 3.63) is 30.1 Å². The molecule has 2 aromatic heterocycles. The quantitative estimate of drug-likeness (QED) is 0.858. The maximum absolute atomic E-state index is 11.7. The standard InChI is InChI=1S/C12H17N5O2S/c1-20(18,19)10-6-15-16-12(10)9-2-5-17(7-9)8-11-13-3-4-14-11/h3-4,6,9H,2,5,7-8H2,1H3,(H,13,14)(H,15,16)/t9-/m0/s1. The minimum atomic E-state index is -3.23. The van der Waals surface area contributed by atoms with E-state index in [1.165, 1.54) is 12.5 Å². The zero-order valence-corrected chi connectivity index (χ0v) is 12.0. The average Bonchev–Trinajstić information content (AvgIpc) is 3.08. The van der Waals surface area contributed by atoms with Crippen molar-refractivity contribution in [3.8, 4) is 0 Å². The van der Waals surface area contributed by atoms with Crippen molar-refractivity contribution in [1.29, 1.82) is 0 Å². The Morgan fingerprint density at radius 1 is 1.50 bits per heavy atom. The number of H-pyrrole nitrogens is 2. The summed E-state index contributed by atoms with van der Waals surface area (Å²) in [6.07, 6.45) is 7.08. The van der Waals surface area contributed by atoms with Gasteiger partial charge in [0.15, 0.2) is 9.84 Å². The highest BCUT2D eigenvalue weighted by atomic mass is 32.2. The van der Waals surface area contributed by atoms with Crippen molar-refractivity contribution in [2.75, 3.05) is 19.3 Å². The van der Waals surface area contributed by atoms with Gasteiger partial charge in [-0.1, -0.05) is 0 Å². The largest absolute Gasteiger partial charge is 0.348 e. The van der Waals surface area contributed by atoms with Crippen LogP contribution in [0.3, 0.4) is 0 Å². The van der Waals surface area contributed by atoms with E-state index in [9.17, 15) is 8.42 Å². The molecule has 108 valence electrons. The molecule has 1 aliphatic heterocycles. The van der Waals surface area contributed by atoms with Crippen LogP contribution in [-0.2, 0) is 16.4 Å². The van der Waals surface area contributed by atoms with Crippen LogP contribution in [0.2, 0.25) is 0 Å². The molecule has 7 nitrogen and oxygen atoms in total. The number of imidazole rings is 1. The molecule has 20 heavy (non-hydrogen) atoms. The van der Waals surface area contributed by atoms with Gasteiger partial charge in [0.1, 0.15) is 10.7 Å². The summed E-state index contributed by atoms with van der Waals surface area (Å²) >= 11 is 0. The fourth-order valence-electron chi connectivity index (χ4n) is 2.68. The molecule has 0 spiro atoms. The summed E-state index contributed by atoms with van der Waals surface area (Å²) in [4.78, 5) is 9.87. The SMILES string of the molecule is CS(=O)(=O)c1cn[nH]c1[C@H]1CCN(Cc2ncc[nH]2)C1. The van der Waals surface area contributed by atoms with Crippen molar-refractivity contribution >= 4 is 9.84 Å². The van der Waals surface area contributed by atoms with Gasteiger partial charge in [-0.15, -0.1) is 0 Å². The molecule has 0 saturated carbocycles. The molecule has 0 aromatic carbocycles. The fourth-order valence-corrected chi connectivity index (χ4v) is 3.54. The molecular weight excluding hydrogens is 278 g/mol. The molecule has 2 N–H and O–H groups in total. The maximum Gasteiger partial charge on any atom is 0.178 e. The van der Waals surface area contributed by atoms with Gasteiger partial charge in [-0.2, -0.15) is 5.10 Å². The Kier molecular flexibility index (Phi) is 3.35. The minimum absolute atomic E-state index is 0.178. The van der Waals surface area contributed by atoms with E-state index < -0.39 is 9.84 Å². The van der Waals surface area contributed by atoms with Gasteiger partial charge >= 0.3 is 0 Å². The number of rotatable bonds is 4. The van der Waals surface area contributed by atoms with Gasteiger partial charge in [-0.3, -0.25) is 10.00 Å². The third-order valence-electron chi connectivity index (χ3n) is 3.64. The number of nitrogens with one attached hydrogen (secondary N) is 2. The number of hydrogen-bond acceptors (Lipinski definition) is 5. The average molecular weight is 295 g/mol. The smallest absolute Gasteiger partial charge is 0.178 e. The highest BCUT2D eigenvalue weighted by Crippen LogP contribution is 2.30. The Morgan fingerprint density at radius 3 is 3.05 bits per heavy atom. The maximum atomic E-state index is 11.7. The number of nitrogens with zero attached hydrogens (tertiary/aromatic N) is 3. The topological polar surface area (TPSA) is 94.7 Å². The highest BCUT2D eigenvalue weighted by Gasteiger charge is 2.29. The predicted octanol–water partition coefficient (Wildman–Crippen LogP) is 0.526. The van der Waals surface area contributed by atoms with Crippen LogP contribution in [0.1, 0.15) is 23.9 Å². The minimum Gasteiger partial charge on any atom is -0.348 e. The van der Waals surface area contributed by atoms with Crippen LogP contribution in [0.4, 0.5) is 0 Å². The summed E-state index contributed by atoms with van der Waals surface area (Å²) in [5.74, 6) is 1.11. The van der Waals surface area contributed by atoms with E-state index in [1.54, 1.807) is 12.4 Å². The predicted molar refractivity (Wildman–Crippen MR) is 72.9 cm³/mol. The lowest BCUT2D eigenvalue weighted by Crippen LogP contribution is -2.20. The Labute approximate surface area is 117 Å². The Bertz CT molecular complexity index is 677. The first-order valence-electron chi connectivity index (χ1n) is 6.48. The van der Waals surface area contributed by atoms with Crippen LogP contribution in [0.25, 0.3) is 0 Å². The monoisotopic (exact) mass is 295 g/mol. The summed E-state index contributed by atoms with van der Waals surface area (Å²) in [6.45, 7) is 2.49.